The first-order valence-electron chi connectivity index (χ1n) is 5.37. The molecule has 0 fully saturated rings. The fraction of sp³-hybridized carbons (Fsp3) is 0.800. The molecule has 2 atom stereocenters. The number of carboxylic acids is 2. The monoisotopic (exact) mass is 232 g/mol. The third-order valence-electron chi connectivity index (χ3n) is 2.25. The van der Waals surface area contributed by atoms with E-state index in [-0.39, 0.29) is 0 Å². The fourth-order valence-corrected chi connectivity index (χ4v) is 1.06. The molecule has 0 heterocycles. The molecule has 0 radical (unpaired) electrons. The summed E-state index contributed by atoms with van der Waals surface area (Å²) in [5.74, 6) is -1.73. The molecule has 0 aliphatic rings. The van der Waals surface area contributed by atoms with Crippen molar-refractivity contribution < 1.29 is 19.8 Å². The Morgan fingerprint density at radius 1 is 0.938 bits per heavy atom. The van der Waals surface area contributed by atoms with Gasteiger partial charge in [0.2, 0.25) is 0 Å². The molecule has 0 saturated heterocycles. The minimum Gasteiger partial charge on any atom is -0.480 e. The van der Waals surface area contributed by atoms with E-state index in [0.717, 1.165) is 12.8 Å². The number of aliphatic carboxylic acids is 2. The number of carboxylic acid groups (broad SMARTS) is 2. The maximum Gasteiger partial charge on any atom is 0.320 e. The van der Waals surface area contributed by atoms with Crippen LogP contribution in [0.3, 0.4) is 0 Å². The summed E-state index contributed by atoms with van der Waals surface area (Å²) < 4.78 is 0. The summed E-state index contributed by atoms with van der Waals surface area (Å²) in [7, 11) is 0. The molecule has 4 N–H and O–H groups in total. The smallest absolute Gasteiger partial charge is 0.320 e. The highest BCUT2D eigenvalue weighted by atomic mass is 16.4. The first-order chi connectivity index (χ1) is 7.45. The summed E-state index contributed by atoms with van der Waals surface area (Å²) in [5, 5.41) is 22.9. The first kappa shape index (κ1) is 14.9. The van der Waals surface area contributed by atoms with Crippen LogP contribution in [-0.2, 0) is 9.59 Å². The Morgan fingerprint density at radius 3 is 1.50 bits per heavy atom. The van der Waals surface area contributed by atoms with Gasteiger partial charge in [0, 0.05) is 0 Å². The topological polar surface area (TPSA) is 98.7 Å². The number of hydrogen-bond acceptors (Lipinski definition) is 4. The van der Waals surface area contributed by atoms with Gasteiger partial charge < -0.3 is 20.8 Å². The lowest BCUT2D eigenvalue weighted by Crippen LogP contribution is -2.36. The van der Waals surface area contributed by atoms with Gasteiger partial charge in [-0.25, -0.2) is 0 Å². The maximum atomic E-state index is 10.4. The average Bonchev–Trinajstić information content (AvgIpc) is 2.21. The zero-order chi connectivity index (χ0) is 12.6. The molecule has 0 aliphatic heterocycles. The van der Waals surface area contributed by atoms with E-state index in [1.807, 2.05) is 0 Å². The predicted molar refractivity (Wildman–Crippen MR) is 59.4 cm³/mol. The van der Waals surface area contributed by atoms with Crippen molar-refractivity contribution >= 4 is 11.9 Å². The van der Waals surface area contributed by atoms with E-state index < -0.39 is 24.0 Å². The van der Waals surface area contributed by atoms with Crippen LogP contribution in [0.4, 0.5) is 0 Å². The van der Waals surface area contributed by atoms with Gasteiger partial charge in [0.1, 0.15) is 12.1 Å². The van der Waals surface area contributed by atoms with Crippen LogP contribution >= 0.6 is 0 Å². The Kier molecular flexibility index (Phi) is 7.49. The lowest BCUT2D eigenvalue weighted by atomic mass is 10.2. The van der Waals surface area contributed by atoms with Crippen LogP contribution in [-0.4, -0.2) is 47.3 Å². The van der Waals surface area contributed by atoms with Crippen molar-refractivity contribution in [2.45, 2.75) is 38.8 Å². The van der Waals surface area contributed by atoms with E-state index in [1.165, 1.54) is 0 Å². The number of carbonyl (C=O) groups is 2. The van der Waals surface area contributed by atoms with Crippen LogP contribution in [0.2, 0.25) is 0 Å². The van der Waals surface area contributed by atoms with E-state index >= 15 is 0 Å². The van der Waals surface area contributed by atoms with Gasteiger partial charge in [-0.05, 0) is 39.8 Å². The van der Waals surface area contributed by atoms with Crippen molar-refractivity contribution in [2.75, 3.05) is 13.1 Å². The molecular weight excluding hydrogens is 212 g/mol. The normalized spacial score (nSPS) is 14.4. The highest BCUT2D eigenvalue weighted by Crippen LogP contribution is 1.89. The van der Waals surface area contributed by atoms with E-state index in [1.54, 1.807) is 13.8 Å². The Bertz CT molecular complexity index is 209. The molecule has 0 aromatic rings. The van der Waals surface area contributed by atoms with Crippen molar-refractivity contribution in [2.24, 2.45) is 0 Å². The molecule has 0 saturated carbocycles. The van der Waals surface area contributed by atoms with Crippen molar-refractivity contribution in [3.63, 3.8) is 0 Å². The van der Waals surface area contributed by atoms with Crippen molar-refractivity contribution in [3.05, 3.63) is 0 Å². The fourth-order valence-electron chi connectivity index (χ4n) is 1.06. The molecule has 0 aromatic heterocycles. The van der Waals surface area contributed by atoms with Gasteiger partial charge >= 0.3 is 11.9 Å². The Labute approximate surface area is 95.0 Å². The molecule has 6 nitrogen and oxygen atoms in total. The predicted octanol–water partition coefficient (Wildman–Crippen LogP) is -0.108. The quantitative estimate of drug-likeness (QED) is 0.414. The van der Waals surface area contributed by atoms with Gasteiger partial charge in [0.15, 0.2) is 0 Å². The van der Waals surface area contributed by atoms with Gasteiger partial charge in [0.05, 0.1) is 0 Å². The van der Waals surface area contributed by atoms with Gasteiger partial charge in [-0.15, -0.1) is 0 Å². The zero-order valence-corrected chi connectivity index (χ0v) is 9.69. The second kappa shape index (κ2) is 8.06. The molecule has 0 aliphatic carbocycles. The van der Waals surface area contributed by atoms with Gasteiger partial charge in [0.25, 0.3) is 0 Å². The van der Waals surface area contributed by atoms with E-state index in [0.29, 0.717) is 13.1 Å². The van der Waals surface area contributed by atoms with Crippen molar-refractivity contribution in [1.29, 1.82) is 0 Å². The lowest BCUT2D eigenvalue weighted by molar-refractivity contribution is -0.140. The maximum absolute atomic E-state index is 10.4. The van der Waals surface area contributed by atoms with E-state index in [2.05, 4.69) is 10.6 Å². The van der Waals surface area contributed by atoms with Crippen LogP contribution in [0.25, 0.3) is 0 Å². The van der Waals surface area contributed by atoms with E-state index in [9.17, 15) is 9.59 Å². The average molecular weight is 232 g/mol. The van der Waals surface area contributed by atoms with Gasteiger partial charge in [-0.2, -0.15) is 0 Å². The molecule has 94 valence electrons. The van der Waals surface area contributed by atoms with Crippen LogP contribution in [0, 0.1) is 0 Å². The summed E-state index contributed by atoms with van der Waals surface area (Å²) in [6.45, 7) is 4.42. The molecule has 0 aromatic carbocycles. The summed E-state index contributed by atoms with van der Waals surface area (Å²) >= 11 is 0. The summed E-state index contributed by atoms with van der Waals surface area (Å²) in [6.07, 6.45) is 1.63. The third kappa shape index (κ3) is 7.19. The minimum atomic E-state index is -0.863. The Balaban J connectivity index is 3.34. The second-order valence-electron chi connectivity index (χ2n) is 3.74. The summed E-state index contributed by atoms with van der Waals surface area (Å²) in [5.41, 5.74) is 0. The Morgan fingerprint density at radius 2 is 1.25 bits per heavy atom. The molecule has 0 bridgehead atoms. The molecule has 6 heteroatoms. The number of nitrogens with one attached hydrogen (secondary N) is 2. The molecule has 0 amide bonds. The minimum absolute atomic E-state index is 0.536. The molecule has 0 rings (SSSR count). The highest BCUT2D eigenvalue weighted by Gasteiger charge is 2.09. The van der Waals surface area contributed by atoms with E-state index in [4.69, 9.17) is 10.2 Å². The standard InChI is InChI=1S/C10H20N2O4/c1-7(9(13)14)11-5-3-4-6-12-8(2)10(15)16/h7-8,11-12H,3-6H2,1-2H3,(H,13,14)(H,15,16). The number of unbranched alkanes of at least 4 members (excludes halogenated alkanes) is 1. The third-order valence-corrected chi connectivity index (χ3v) is 2.25. The van der Waals surface area contributed by atoms with Crippen LogP contribution in [0.1, 0.15) is 26.7 Å². The Hall–Kier alpha value is -1.14. The highest BCUT2D eigenvalue weighted by molar-refractivity contribution is 5.73. The van der Waals surface area contributed by atoms with Crippen LogP contribution in [0.15, 0.2) is 0 Å². The van der Waals surface area contributed by atoms with Gasteiger partial charge in [-0.1, -0.05) is 0 Å². The lowest BCUT2D eigenvalue weighted by Gasteiger charge is -2.10. The van der Waals surface area contributed by atoms with Crippen molar-refractivity contribution in [3.8, 4) is 0 Å². The largest absolute Gasteiger partial charge is 0.480 e. The number of hydrogen-bond donors (Lipinski definition) is 4. The zero-order valence-electron chi connectivity index (χ0n) is 9.69. The van der Waals surface area contributed by atoms with Crippen molar-refractivity contribution in [1.82, 2.24) is 10.6 Å². The second-order valence-corrected chi connectivity index (χ2v) is 3.74. The molecule has 16 heavy (non-hydrogen) atoms. The SMILES string of the molecule is CC(NCCCCNC(C)C(=O)O)C(=O)O. The summed E-state index contributed by atoms with van der Waals surface area (Å²) in [6, 6.07) is -1.07. The molecule has 0 spiro atoms. The van der Waals surface area contributed by atoms with Crippen LogP contribution < -0.4 is 10.6 Å². The molecular formula is C10H20N2O4. The number of rotatable bonds is 9. The van der Waals surface area contributed by atoms with Crippen LogP contribution in [0.5, 0.6) is 0 Å². The molecule has 2 unspecified atom stereocenters. The van der Waals surface area contributed by atoms with Gasteiger partial charge in [-0.3, -0.25) is 9.59 Å². The summed E-state index contributed by atoms with van der Waals surface area (Å²) in [4.78, 5) is 20.9. The first-order valence-corrected chi connectivity index (χ1v) is 5.37.